The minimum absolute atomic E-state index is 0.0635. The molecule has 0 bridgehead atoms. The second-order valence-corrected chi connectivity index (χ2v) is 4.33. The standard InChI is InChI=1S/C13H17ClN2O2/c1-9-8-10(13(18)15-2)5-6-11(9)16-12(17)4-3-7-14/h5-6,8H,3-4,7H2,1-2H3,(H,15,18)(H,16,17). The first-order valence-electron chi connectivity index (χ1n) is 5.77. The van der Waals surface area contributed by atoms with Crippen LogP contribution in [0.1, 0.15) is 28.8 Å². The van der Waals surface area contributed by atoms with E-state index in [4.69, 9.17) is 11.6 Å². The number of benzene rings is 1. The summed E-state index contributed by atoms with van der Waals surface area (Å²) in [4.78, 5) is 23.0. The number of nitrogens with one attached hydrogen (secondary N) is 2. The molecule has 0 aromatic heterocycles. The Hall–Kier alpha value is -1.55. The van der Waals surface area contributed by atoms with E-state index >= 15 is 0 Å². The minimum atomic E-state index is -0.141. The van der Waals surface area contributed by atoms with E-state index < -0.39 is 0 Å². The summed E-state index contributed by atoms with van der Waals surface area (Å²) >= 11 is 5.53. The second-order valence-electron chi connectivity index (χ2n) is 3.95. The lowest BCUT2D eigenvalue weighted by Gasteiger charge is -2.09. The van der Waals surface area contributed by atoms with Crippen LogP contribution >= 0.6 is 11.6 Å². The van der Waals surface area contributed by atoms with Gasteiger partial charge in [-0.1, -0.05) is 0 Å². The number of carbonyl (C=O) groups excluding carboxylic acids is 2. The van der Waals surface area contributed by atoms with Gasteiger partial charge in [-0.25, -0.2) is 0 Å². The Bertz CT molecular complexity index is 447. The highest BCUT2D eigenvalue weighted by molar-refractivity contribution is 6.18. The number of hydrogen-bond donors (Lipinski definition) is 2. The lowest BCUT2D eigenvalue weighted by atomic mass is 10.1. The molecule has 1 rings (SSSR count). The average Bonchev–Trinajstić information content (AvgIpc) is 2.37. The van der Waals surface area contributed by atoms with Crippen LogP contribution in [0.5, 0.6) is 0 Å². The molecule has 0 spiro atoms. The van der Waals surface area contributed by atoms with E-state index in [-0.39, 0.29) is 11.8 Å². The van der Waals surface area contributed by atoms with Crippen LogP contribution in [-0.4, -0.2) is 24.7 Å². The Morgan fingerprint density at radius 2 is 2.06 bits per heavy atom. The van der Waals surface area contributed by atoms with E-state index in [1.165, 1.54) is 0 Å². The Morgan fingerprint density at radius 3 is 2.61 bits per heavy atom. The molecule has 1 aromatic carbocycles. The van der Waals surface area contributed by atoms with Crippen LogP contribution in [0.15, 0.2) is 18.2 Å². The van der Waals surface area contributed by atoms with Gasteiger partial charge in [0.25, 0.3) is 5.91 Å². The quantitative estimate of drug-likeness (QED) is 0.805. The fourth-order valence-electron chi connectivity index (χ4n) is 1.53. The molecule has 18 heavy (non-hydrogen) atoms. The van der Waals surface area contributed by atoms with Crippen molar-refractivity contribution in [2.45, 2.75) is 19.8 Å². The summed E-state index contributed by atoms with van der Waals surface area (Å²) in [7, 11) is 1.58. The van der Waals surface area contributed by atoms with Crippen molar-refractivity contribution in [3.63, 3.8) is 0 Å². The number of aryl methyl sites for hydroxylation is 1. The molecule has 0 saturated heterocycles. The van der Waals surface area contributed by atoms with E-state index in [9.17, 15) is 9.59 Å². The number of hydrogen-bond acceptors (Lipinski definition) is 2. The third kappa shape index (κ3) is 4.04. The maximum absolute atomic E-state index is 11.5. The van der Waals surface area contributed by atoms with Crippen LogP contribution in [-0.2, 0) is 4.79 Å². The monoisotopic (exact) mass is 268 g/mol. The van der Waals surface area contributed by atoms with Gasteiger partial charge in [0.05, 0.1) is 0 Å². The normalized spacial score (nSPS) is 9.94. The van der Waals surface area contributed by atoms with Crippen molar-refractivity contribution in [1.29, 1.82) is 0 Å². The number of halogens is 1. The van der Waals surface area contributed by atoms with E-state index in [0.717, 1.165) is 11.3 Å². The second kappa shape index (κ2) is 7.01. The molecule has 0 aliphatic carbocycles. The van der Waals surface area contributed by atoms with Gasteiger partial charge in [-0.05, 0) is 37.1 Å². The summed E-state index contributed by atoms with van der Waals surface area (Å²) < 4.78 is 0. The number of carbonyl (C=O) groups is 2. The fourth-order valence-corrected chi connectivity index (χ4v) is 1.66. The smallest absolute Gasteiger partial charge is 0.251 e. The molecular weight excluding hydrogens is 252 g/mol. The van der Waals surface area contributed by atoms with Crippen molar-refractivity contribution in [2.75, 3.05) is 18.2 Å². The van der Waals surface area contributed by atoms with Crippen LogP contribution in [0.2, 0.25) is 0 Å². The summed E-state index contributed by atoms with van der Waals surface area (Å²) in [6.07, 6.45) is 1.06. The zero-order chi connectivity index (χ0) is 13.5. The highest BCUT2D eigenvalue weighted by Crippen LogP contribution is 2.17. The zero-order valence-electron chi connectivity index (χ0n) is 10.5. The average molecular weight is 269 g/mol. The van der Waals surface area contributed by atoms with Crippen molar-refractivity contribution >= 4 is 29.1 Å². The first kappa shape index (κ1) is 14.5. The van der Waals surface area contributed by atoms with Crippen molar-refractivity contribution in [3.05, 3.63) is 29.3 Å². The molecule has 2 amide bonds. The summed E-state index contributed by atoms with van der Waals surface area (Å²) in [5, 5.41) is 5.36. The largest absolute Gasteiger partial charge is 0.355 e. The summed E-state index contributed by atoms with van der Waals surface area (Å²) in [6.45, 7) is 1.85. The van der Waals surface area contributed by atoms with Gasteiger partial charge in [0.2, 0.25) is 5.91 Å². The molecule has 0 aliphatic heterocycles. The molecule has 0 unspecified atom stereocenters. The maximum Gasteiger partial charge on any atom is 0.251 e. The SMILES string of the molecule is CNC(=O)c1ccc(NC(=O)CCCCl)c(C)c1. The van der Waals surface area contributed by atoms with E-state index in [0.29, 0.717) is 24.3 Å². The van der Waals surface area contributed by atoms with Crippen molar-refractivity contribution < 1.29 is 9.59 Å². The highest BCUT2D eigenvalue weighted by Gasteiger charge is 2.08. The molecule has 0 atom stereocenters. The topological polar surface area (TPSA) is 58.2 Å². The molecule has 0 saturated carbocycles. The van der Waals surface area contributed by atoms with Gasteiger partial charge < -0.3 is 10.6 Å². The molecule has 4 nitrogen and oxygen atoms in total. The van der Waals surface area contributed by atoms with E-state index in [2.05, 4.69) is 10.6 Å². The summed E-state index contributed by atoms with van der Waals surface area (Å²) in [6, 6.07) is 5.16. The number of rotatable bonds is 5. The molecule has 0 radical (unpaired) electrons. The first-order valence-corrected chi connectivity index (χ1v) is 6.30. The molecule has 98 valence electrons. The Morgan fingerprint density at radius 1 is 1.33 bits per heavy atom. The van der Waals surface area contributed by atoms with Crippen molar-refractivity contribution in [3.8, 4) is 0 Å². The molecule has 2 N–H and O–H groups in total. The predicted molar refractivity (Wildman–Crippen MR) is 73.2 cm³/mol. The van der Waals surface area contributed by atoms with Crippen LogP contribution in [0, 0.1) is 6.92 Å². The molecule has 0 aliphatic rings. The lowest BCUT2D eigenvalue weighted by Crippen LogP contribution is -2.18. The van der Waals surface area contributed by atoms with Crippen LogP contribution < -0.4 is 10.6 Å². The van der Waals surface area contributed by atoms with Crippen molar-refractivity contribution in [1.82, 2.24) is 5.32 Å². The minimum Gasteiger partial charge on any atom is -0.355 e. The molecule has 5 heteroatoms. The molecule has 1 aromatic rings. The van der Waals surface area contributed by atoms with E-state index in [1.807, 2.05) is 6.92 Å². The Labute approximate surface area is 112 Å². The number of amides is 2. The third-order valence-electron chi connectivity index (χ3n) is 2.53. The van der Waals surface area contributed by atoms with Gasteiger partial charge in [-0.3, -0.25) is 9.59 Å². The van der Waals surface area contributed by atoms with Gasteiger partial charge in [0, 0.05) is 30.6 Å². The third-order valence-corrected chi connectivity index (χ3v) is 2.79. The number of alkyl halides is 1. The molecule has 0 heterocycles. The van der Waals surface area contributed by atoms with Gasteiger partial charge in [0.15, 0.2) is 0 Å². The summed E-state index contributed by atoms with van der Waals surface area (Å²) in [5.41, 5.74) is 2.16. The van der Waals surface area contributed by atoms with Crippen LogP contribution in [0.25, 0.3) is 0 Å². The molecule has 0 fully saturated rings. The van der Waals surface area contributed by atoms with Crippen LogP contribution in [0.4, 0.5) is 5.69 Å². The fraction of sp³-hybridized carbons (Fsp3) is 0.385. The Kier molecular flexibility index (Phi) is 5.65. The highest BCUT2D eigenvalue weighted by atomic mass is 35.5. The Balaban J connectivity index is 2.74. The van der Waals surface area contributed by atoms with E-state index in [1.54, 1.807) is 25.2 Å². The number of anilines is 1. The zero-order valence-corrected chi connectivity index (χ0v) is 11.3. The predicted octanol–water partition coefficient (Wildman–Crippen LogP) is 2.31. The first-order chi connectivity index (χ1) is 8.58. The molecular formula is C13H17ClN2O2. The van der Waals surface area contributed by atoms with Crippen LogP contribution in [0.3, 0.4) is 0 Å². The van der Waals surface area contributed by atoms with Gasteiger partial charge >= 0.3 is 0 Å². The van der Waals surface area contributed by atoms with Gasteiger partial charge in [-0.15, -0.1) is 11.6 Å². The van der Waals surface area contributed by atoms with Gasteiger partial charge in [-0.2, -0.15) is 0 Å². The summed E-state index contributed by atoms with van der Waals surface area (Å²) in [5.74, 6) is 0.270. The maximum atomic E-state index is 11.5. The van der Waals surface area contributed by atoms with Gasteiger partial charge in [0.1, 0.15) is 0 Å². The van der Waals surface area contributed by atoms with Crippen molar-refractivity contribution in [2.24, 2.45) is 0 Å². The lowest BCUT2D eigenvalue weighted by molar-refractivity contribution is -0.116.